The predicted octanol–water partition coefficient (Wildman–Crippen LogP) is 1.67. The lowest BCUT2D eigenvalue weighted by molar-refractivity contribution is -0.388. The quantitative estimate of drug-likeness (QED) is 0.509. The minimum Gasteiger partial charge on any atom is -0.328 e. The molecule has 7 nitrogen and oxygen atoms in total. The molecule has 0 saturated carbocycles. The maximum Gasteiger partial charge on any atom is 0.423 e. The lowest BCUT2D eigenvalue weighted by Gasteiger charge is -2.15. The SMILES string of the molecule is O=C1CNC(=O)N1c1ccc([N+](=O)[O-])c(C(F)(F)F)c1. The smallest absolute Gasteiger partial charge is 0.328 e. The van der Waals surface area contributed by atoms with E-state index < -0.39 is 34.3 Å². The first-order valence-corrected chi connectivity index (χ1v) is 5.18. The number of alkyl halides is 3. The Hall–Kier alpha value is -2.65. The van der Waals surface area contributed by atoms with Gasteiger partial charge in [0, 0.05) is 6.07 Å². The first kappa shape index (κ1) is 13.8. The van der Waals surface area contributed by atoms with Crippen LogP contribution in [-0.4, -0.2) is 23.4 Å². The highest BCUT2D eigenvalue weighted by Crippen LogP contribution is 2.38. The van der Waals surface area contributed by atoms with E-state index in [1.807, 2.05) is 0 Å². The van der Waals surface area contributed by atoms with Crippen LogP contribution < -0.4 is 10.2 Å². The van der Waals surface area contributed by atoms with Gasteiger partial charge in [0.05, 0.1) is 17.2 Å². The number of imide groups is 1. The average Bonchev–Trinajstić information content (AvgIpc) is 2.67. The van der Waals surface area contributed by atoms with Gasteiger partial charge in [-0.15, -0.1) is 0 Å². The second-order valence-corrected chi connectivity index (χ2v) is 3.84. The summed E-state index contributed by atoms with van der Waals surface area (Å²) < 4.78 is 38.3. The fourth-order valence-electron chi connectivity index (χ4n) is 1.73. The van der Waals surface area contributed by atoms with E-state index in [1.54, 1.807) is 0 Å². The zero-order valence-electron chi connectivity index (χ0n) is 9.60. The van der Waals surface area contributed by atoms with Crippen LogP contribution in [0.2, 0.25) is 0 Å². The molecular weight excluding hydrogens is 283 g/mol. The zero-order chi connectivity index (χ0) is 15.1. The number of carbonyl (C=O) groups excluding carboxylic acids is 2. The minimum atomic E-state index is -4.97. The Labute approximate surface area is 109 Å². The summed E-state index contributed by atoms with van der Waals surface area (Å²) in [6, 6.07) is 1.05. The molecule has 1 aliphatic rings. The molecule has 10 heteroatoms. The standard InChI is InChI=1S/C10H6F3N3O4/c11-10(12,13)6-3-5(1-2-7(6)16(19)20)15-8(17)4-14-9(15)18/h1-3H,4H2,(H,14,18). The molecule has 20 heavy (non-hydrogen) atoms. The molecule has 0 aromatic heterocycles. The molecule has 0 unspecified atom stereocenters. The number of rotatable bonds is 2. The minimum absolute atomic E-state index is 0.336. The number of benzene rings is 1. The molecule has 1 heterocycles. The summed E-state index contributed by atoms with van der Waals surface area (Å²) in [7, 11) is 0. The highest BCUT2D eigenvalue weighted by Gasteiger charge is 2.40. The lowest BCUT2D eigenvalue weighted by Crippen LogP contribution is -2.31. The summed E-state index contributed by atoms with van der Waals surface area (Å²) in [5.74, 6) is -0.739. The van der Waals surface area contributed by atoms with Crippen molar-refractivity contribution in [3.05, 3.63) is 33.9 Å². The molecule has 2 rings (SSSR count). The lowest BCUT2D eigenvalue weighted by atomic mass is 10.1. The molecule has 0 radical (unpaired) electrons. The summed E-state index contributed by atoms with van der Waals surface area (Å²) in [4.78, 5) is 32.6. The van der Waals surface area contributed by atoms with Crippen molar-refractivity contribution in [1.82, 2.24) is 5.32 Å². The van der Waals surface area contributed by atoms with Crippen molar-refractivity contribution in [2.75, 3.05) is 11.4 Å². The normalized spacial score (nSPS) is 15.4. The van der Waals surface area contributed by atoms with Crippen LogP contribution in [0.1, 0.15) is 5.56 Å². The summed E-state index contributed by atoms with van der Waals surface area (Å²) in [5.41, 5.74) is -3.04. The number of amides is 3. The van der Waals surface area contributed by atoms with Gasteiger partial charge >= 0.3 is 12.2 Å². The third-order valence-corrected chi connectivity index (χ3v) is 2.58. The molecule has 1 aromatic rings. The van der Waals surface area contributed by atoms with Crippen LogP contribution in [0, 0.1) is 10.1 Å². The molecule has 0 aliphatic carbocycles. The number of anilines is 1. The number of hydrogen-bond acceptors (Lipinski definition) is 4. The number of nitrogens with one attached hydrogen (secondary N) is 1. The highest BCUT2D eigenvalue weighted by atomic mass is 19.4. The van der Waals surface area contributed by atoms with E-state index in [9.17, 15) is 32.9 Å². The third kappa shape index (κ3) is 2.27. The van der Waals surface area contributed by atoms with Gasteiger partial charge in [-0.25, -0.2) is 9.69 Å². The fourth-order valence-corrected chi connectivity index (χ4v) is 1.73. The summed E-state index contributed by atoms with van der Waals surface area (Å²) in [5, 5.41) is 12.7. The van der Waals surface area contributed by atoms with Gasteiger partial charge in [-0.2, -0.15) is 13.2 Å². The van der Waals surface area contributed by atoms with Crippen LogP contribution in [0.4, 0.5) is 29.3 Å². The summed E-state index contributed by atoms with van der Waals surface area (Å²) in [6.45, 7) is -0.336. The third-order valence-electron chi connectivity index (χ3n) is 2.58. The second-order valence-electron chi connectivity index (χ2n) is 3.84. The van der Waals surface area contributed by atoms with Crippen molar-refractivity contribution in [1.29, 1.82) is 0 Å². The number of carbonyl (C=O) groups is 2. The number of nitrogens with zero attached hydrogens (tertiary/aromatic N) is 2. The number of halogens is 3. The van der Waals surface area contributed by atoms with Gasteiger partial charge in [0.1, 0.15) is 5.56 Å². The van der Waals surface area contributed by atoms with E-state index in [2.05, 4.69) is 5.32 Å². The Morgan fingerprint density at radius 2 is 1.95 bits per heavy atom. The van der Waals surface area contributed by atoms with Gasteiger partial charge in [-0.1, -0.05) is 0 Å². The summed E-state index contributed by atoms with van der Waals surface area (Å²) in [6.07, 6.45) is -4.97. The Balaban J connectivity index is 2.56. The Kier molecular flexibility index (Phi) is 3.08. The molecule has 0 bridgehead atoms. The van der Waals surface area contributed by atoms with Crippen molar-refractivity contribution in [3.63, 3.8) is 0 Å². The van der Waals surface area contributed by atoms with E-state index in [4.69, 9.17) is 0 Å². The molecule has 1 fully saturated rings. The van der Waals surface area contributed by atoms with E-state index in [0.717, 1.165) is 6.07 Å². The van der Waals surface area contributed by atoms with Gasteiger partial charge in [0.25, 0.3) is 11.6 Å². The van der Waals surface area contributed by atoms with Crippen LogP contribution in [-0.2, 0) is 11.0 Å². The van der Waals surface area contributed by atoms with Crippen LogP contribution in [0.15, 0.2) is 18.2 Å². The highest BCUT2D eigenvalue weighted by molar-refractivity contribution is 6.19. The van der Waals surface area contributed by atoms with Crippen molar-refractivity contribution in [3.8, 4) is 0 Å². The van der Waals surface area contributed by atoms with Gasteiger partial charge in [0.2, 0.25) is 0 Å². The molecule has 3 amide bonds. The zero-order valence-corrected chi connectivity index (χ0v) is 9.60. The van der Waals surface area contributed by atoms with Crippen LogP contribution in [0.25, 0.3) is 0 Å². The number of urea groups is 1. The predicted molar refractivity (Wildman–Crippen MR) is 59.0 cm³/mol. The van der Waals surface area contributed by atoms with Crippen molar-refractivity contribution in [2.45, 2.75) is 6.18 Å². The van der Waals surface area contributed by atoms with E-state index in [0.29, 0.717) is 17.0 Å². The van der Waals surface area contributed by atoms with Gasteiger partial charge in [-0.3, -0.25) is 14.9 Å². The topological polar surface area (TPSA) is 92.6 Å². The van der Waals surface area contributed by atoms with Crippen molar-refractivity contribution >= 4 is 23.3 Å². The maximum absolute atomic E-state index is 12.8. The number of hydrogen-bond donors (Lipinski definition) is 1. The van der Waals surface area contributed by atoms with E-state index >= 15 is 0 Å². The Morgan fingerprint density at radius 3 is 2.40 bits per heavy atom. The second kappa shape index (κ2) is 4.47. The first-order chi connectivity index (χ1) is 9.21. The largest absolute Gasteiger partial charge is 0.423 e. The fraction of sp³-hybridized carbons (Fsp3) is 0.200. The maximum atomic E-state index is 12.8. The molecule has 1 aliphatic heterocycles. The average molecular weight is 289 g/mol. The molecule has 0 spiro atoms. The van der Waals surface area contributed by atoms with Crippen LogP contribution >= 0.6 is 0 Å². The molecule has 0 atom stereocenters. The van der Waals surface area contributed by atoms with E-state index in [1.165, 1.54) is 0 Å². The monoisotopic (exact) mass is 289 g/mol. The van der Waals surface area contributed by atoms with E-state index in [-0.39, 0.29) is 12.2 Å². The number of nitro groups is 1. The molecule has 1 N–H and O–H groups in total. The van der Waals surface area contributed by atoms with Gasteiger partial charge in [0.15, 0.2) is 0 Å². The number of nitro benzene ring substituents is 1. The molecule has 106 valence electrons. The first-order valence-electron chi connectivity index (χ1n) is 5.18. The Morgan fingerprint density at radius 1 is 1.30 bits per heavy atom. The Bertz CT molecular complexity index is 598. The van der Waals surface area contributed by atoms with Gasteiger partial charge < -0.3 is 5.32 Å². The van der Waals surface area contributed by atoms with Crippen molar-refractivity contribution < 1.29 is 27.7 Å². The van der Waals surface area contributed by atoms with Crippen molar-refractivity contribution in [2.24, 2.45) is 0 Å². The molecular formula is C10H6F3N3O4. The van der Waals surface area contributed by atoms with Crippen LogP contribution in [0.3, 0.4) is 0 Å². The van der Waals surface area contributed by atoms with Gasteiger partial charge in [-0.05, 0) is 12.1 Å². The molecule has 1 aromatic carbocycles. The molecule has 1 saturated heterocycles. The summed E-state index contributed by atoms with van der Waals surface area (Å²) >= 11 is 0. The van der Waals surface area contributed by atoms with Crippen LogP contribution in [0.5, 0.6) is 0 Å².